The Kier molecular flexibility index (Phi) is 4.52. The Hall–Kier alpha value is -2.80. The number of nitrogens with one attached hydrogen (secondary N) is 3. The molecule has 3 N–H and O–H groups in total. The summed E-state index contributed by atoms with van der Waals surface area (Å²) >= 11 is 6.11. The highest BCUT2D eigenvalue weighted by molar-refractivity contribution is 6.33. The number of hydrogen-bond donors (Lipinski definition) is 3. The summed E-state index contributed by atoms with van der Waals surface area (Å²) in [4.78, 5) is 23.5. The number of carbonyl (C=O) groups is 1. The van der Waals surface area contributed by atoms with E-state index in [9.17, 15) is 9.59 Å². The lowest BCUT2D eigenvalue weighted by Gasteiger charge is -2.01. The number of nitrogens with zero attached hydrogens (tertiary/aromatic N) is 1. The fourth-order valence-electron chi connectivity index (χ4n) is 2.28. The SMILES string of the molecule is Cc1[nH][nH]c(=O)c1CC(=O)NCc1cc(-c2ccccc2Cl)on1. The van der Waals surface area contributed by atoms with Crippen molar-refractivity contribution in [3.8, 4) is 11.3 Å². The normalized spacial score (nSPS) is 10.8. The lowest BCUT2D eigenvalue weighted by molar-refractivity contribution is -0.120. The summed E-state index contributed by atoms with van der Waals surface area (Å²) in [5.41, 5.74) is 2.09. The smallest absolute Gasteiger partial charge is 0.267 e. The topological polar surface area (TPSA) is 104 Å². The van der Waals surface area contributed by atoms with Gasteiger partial charge in [0.25, 0.3) is 5.56 Å². The van der Waals surface area contributed by atoms with Crippen LogP contribution in [0.5, 0.6) is 0 Å². The summed E-state index contributed by atoms with van der Waals surface area (Å²) in [5, 5.41) is 12.3. The summed E-state index contributed by atoms with van der Waals surface area (Å²) in [5.74, 6) is 0.258. The van der Waals surface area contributed by atoms with E-state index in [-0.39, 0.29) is 24.4 Å². The van der Waals surface area contributed by atoms with E-state index in [4.69, 9.17) is 16.1 Å². The number of aromatic amines is 2. The van der Waals surface area contributed by atoms with Crippen molar-refractivity contribution < 1.29 is 9.32 Å². The molecule has 7 nitrogen and oxygen atoms in total. The molecule has 3 aromatic rings. The van der Waals surface area contributed by atoms with Crippen LogP contribution in [0.1, 0.15) is 17.0 Å². The van der Waals surface area contributed by atoms with Crippen molar-refractivity contribution in [3.63, 3.8) is 0 Å². The van der Waals surface area contributed by atoms with Crippen LogP contribution in [0.2, 0.25) is 5.02 Å². The molecule has 0 bridgehead atoms. The van der Waals surface area contributed by atoms with Crippen LogP contribution < -0.4 is 10.9 Å². The Morgan fingerprint density at radius 3 is 2.83 bits per heavy atom. The number of rotatable bonds is 5. The summed E-state index contributed by atoms with van der Waals surface area (Å²) in [6.07, 6.45) is -0.000110. The predicted octanol–water partition coefficient (Wildman–Crippen LogP) is 2.18. The molecule has 8 heteroatoms. The minimum Gasteiger partial charge on any atom is -0.356 e. The molecule has 1 amide bonds. The van der Waals surface area contributed by atoms with E-state index < -0.39 is 0 Å². The minimum absolute atomic E-state index is 0.000110. The van der Waals surface area contributed by atoms with Crippen LogP contribution in [-0.4, -0.2) is 21.3 Å². The van der Waals surface area contributed by atoms with E-state index >= 15 is 0 Å². The quantitative estimate of drug-likeness (QED) is 0.658. The molecule has 0 saturated heterocycles. The van der Waals surface area contributed by atoms with Crippen molar-refractivity contribution in [3.05, 3.63) is 62.7 Å². The van der Waals surface area contributed by atoms with E-state index in [1.54, 1.807) is 19.1 Å². The average molecular weight is 347 g/mol. The van der Waals surface area contributed by atoms with Crippen molar-refractivity contribution in [2.45, 2.75) is 19.9 Å². The number of halogens is 1. The van der Waals surface area contributed by atoms with Crippen molar-refractivity contribution in [2.24, 2.45) is 0 Å². The third-order valence-corrected chi connectivity index (χ3v) is 3.92. The van der Waals surface area contributed by atoms with Crippen LogP contribution in [0.4, 0.5) is 0 Å². The van der Waals surface area contributed by atoms with E-state index in [0.717, 1.165) is 5.56 Å². The molecule has 0 radical (unpaired) electrons. The summed E-state index contributed by atoms with van der Waals surface area (Å²) in [6, 6.07) is 8.98. The van der Waals surface area contributed by atoms with Gasteiger partial charge in [-0.15, -0.1) is 0 Å². The average Bonchev–Trinajstić information content (AvgIpc) is 3.15. The highest BCUT2D eigenvalue weighted by Crippen LogP contribution is 2.27. The maximum Gasteiger partial charge on any atom is 0.267 e. The zero-order chi connectivity index (χ0) is 17.1. The maximum absolute atomic E-state index is 12.0. The highest BCUT2D eigenvalue weighted by atomic mass is 35.5. The molecule has 2 heterocycles. The first kappa shape index (κ1) is 16.1. The van der Waals surface area contributed by atoms with Gasteiger partial charge in [0.2, 0.25) is 5.91 Å². The molecule has 0 aliphatic heterocycles. The van der Waals surface area contributed by atoms with Crippen molar-refractivity contribution in [1.29, 1.82) is 0 Å². The molecule has 3 rings (SSSR count). The van der Waals surface area contributed by atoms with Crippen LogP contribution in [0.25, 0.3) is 11.3 Å². The highest BCUT2D eigenvalue weighted by Gasteiger charge is 2.13. The van der Waals surface area contributed by atoms with Gasteiger partial charge in [0.05, 0.1) is 18.0 Å². The first-order valence-electron chi connectivity index (χ1n) is 7.28. The molecular formula is C16H15ClN4O3. The van der Waals surface area contributed by atoms with Crippen LogP contribution in [-0.2, 0) is 17.8 Å². The summed E-state index contributed by atoms with van der Waals surface area (Å²) < 4.78 is 5.26. The molecule has 1 aromatic carbocycles. The van der Waals surface area contributed by atoms with Gasteiger partial charge in [-0.3, -0.25) is 14.7 Å². The van der Waals surface area contributed by atoms with Gasteiger partial charge in [0.15, 0.2) is 5.76 Å². The van der Waals surface area contributed by atoms with Crippen molar-refractivity contribution in [2.75, 3.05) is 0 Å². The van der Waals surface area contributed by atoms with Gasteiger partial charge in [-0.05, 0) is 19.1 Å². The lowest BCUT2D eigenvalue weighted by atomic mass is 10.1. The fraction of sp³-hybridized carbons (Fsp3) is 0.188. The third kappa shape index (κ3) is 3.41. The molecule has 0 aliphatic rings. The van der Waals surface area contributed by atoms with E-state index in [1.807, 2.05) is 18.2 Å². The van der Waals surface area contributed by atoms with Gasteiger partial charge in [-0.25, -0.2) is 0 Å². The summed E-state index contributed by atoms with van der Waals surface area (Å²) in [7, 11) is 0. The standard InChI is InChI=1S/C16H15ClN4O3/c1-9-12(16(23)20-19-9)7-15(22)18-8-10-6-14(24-21-10)11-4-2-3-5-13(11)17/h2-6H,7-8H2,1H3,(H,18,22)(H2,19,20,23). The number of hydrogen-bond acceptors (Lipinski definition) is 4. The van der Waals surface area contributed by atoms with E-state index in [0.29, 0.717) is 27.7 Å². The molecule has 0 spiro atoms. The van der Waals surface area contributed by atoms with Gasteiger partial charge in [0, 0.05) is 22.9 Å². The Morgan fingerprint density at radius 1 is 1.33 bits per heavy atom. The number of aromatic nitrogens is 3. The number of benzene rings is 1. The van der Waals surface area contributed by atoms with E-state index in [2.05, 4.69) is 20.7 Å². The Labute approximate surface area is 142 Å². The predicted molar refractivity (Wildman–Crippen MR) is 88.7 cm³/mol. The van der Waals surface area contributed by atoms with Crippen LogP contribution in [0.15, 0.2) is 39.6 Å². The van der Waals surface area contributed by atoms with Crippen LogP contribution in [0, 0.1) is 6.92 Å². The molecule has 0 aliphatic carbocycles. The van der Waals surface area contributed by atoms with Gasteiger partial charge in [-0.1, -0.05) is 28.9 Å². The second-order valence-corrected chi connectivity index (χ2v) is 5.71. The molecule has 0 atom stereocenters. The fourth-order valence-corrected chi connectivity index (χ4v) is 2.51. The minimum atomic E-state index is -0.287. The zero-order valence-electron chi connectivity index (χ0n) is 12.9. The second-order valence-electron chi connectivity index (χ2n) is 5.30. The van der Waals surface area contributed by atoms with E-state index in [1.165, 1.54) is 0 Å². The Morgan fingerprint density at radius 2 is 2.12 bits per heavy atom. The monoisotopic (exact) mass is 346 g/mol. The Bertz CT molecular complexity index is 925. The molecule has 124 valence electrons. The molecule has 24 heavy (non-hydrogen) atoms. The second kappa shape index (κ2) is 6.76. The first-order valence-corrected chi connectivity index (χ1v) is 7.65. The number of amides is 1. The molecule has 2 aromatic heterocycles. The van der Waals surface area contributed by atoms with Crippen molar-refractivity contribution >= 4 is 17.5 Å². The molecule has 0 unspecified atom stereocenters. The number of carbonyl (C=O) groups excluding carboxylic acids is 1. The van der Waals surface area contributed by atoms with Crippen molar-refractivity contribution in [1.82, 2.24) is 20.7 Å². The molecule has 0 saturated carbocycles. The maximum atomic E-state index is 12.0. The van der Waals surface area contributed by atoms with Gasteiger partial charge in [-0.2, -0.15) is 0 Å². The van der Waals surface area contributed by atoms with Gasteiger partial charge < -0.3 is 14.9 Å². The number of aryl methyl sites for hydroxylation is 1. The number of H-pyrrole nitrogens is 2. The van der Waals surface area contributed by atoms with Crippen LogP contribution >= 0.6 is 11.6 Å². The third-order valence-electron chi connectivity index (χ3n) is 3.59. The first-order chi connectivity index (χ1) is 11.5. The zero-order valence-corrected chi connectivity index (χ0v) is 13.6. The largest absolute Gasteiger partial charge is 0.356 e. The molecular weight excluding hydrogens is 332 g/mol. The molecule has 0 fully saturated rings. The van der Waals surface area contributed by atoms with Crippen LogP contribution in [0.3, 0.4) is 0 Å². The Balaban J connectivity index is 1.63. The van der Waals surface area contributed by atoms with Gasteiger partial charge in [0.1, 0.15) is 5.69 Å². The lowest BCUT2D eigenvalue weighted by Crippen LogP contribution is -2.26. The van der Waals surface area contributed by atoms with Gasteiger partial charge >= 0.3 is 0 Å². The summed E-state index contributed by atoms with van der Waals surface area (Å²) in [6.45, 7) is 1.93.